The molecular formula is C14H17N3. The zero-order valence-electron chi connectivity index (χ0n) is 10.0. The summed E-state index contributed by atoms with van der Waals surface area (Å²) in [6, 6.07) is 12.6. The summed E-state index contributed by atoms with van der Waals surface area (Å²) in [5, 5.41) is 11.3. The number of rotatable bonds is 5. The van der Waals surface area contributed by atoms with Gasteiger partial charge in [0.1, 0.15) is 0 Å². The predicted molar refractivity (Wildman–Crippen MR) is 68.6 cm³/mol. The van der Waals surface area contributed by atoms with Crippen molar-refractivity contribution >= 4 is 0 Å². The molecule has 3 nitrogen and oxygen atoms in total. The number of hydrogen-bond acceptors (Lipinski definition) is 3. The fourth-order valence-electron chi connectivity index (χ4n) is 1.83. The normalized spacial score (nSPS) is 12.3. The van der Waals surface area contributed by atoms with Gasteiger partial charge in [-0.25, -0.2) is 0 Å². The van der Waals surface area contributed by atoms with Crippen LogP contribution in [0.3, 0.4) is 0 Å². The van der Waals surface area contributed by atoms with E-state index >= 15 is 0 Å². The molecule has 2 aromatic rings. The standard InChI is InChI=1S/C14H17N3/c1-2-9-15-14(12-6-4-3-5-7-12)13-8-10-16-17-11-13/h3-8,10-11,14-15H,2,9H2,1H3. The van der Waals surface area contributed by atoms with Gasteiger partial charge in [0, 0.05) is 6.20 Å². The van der Waals surface area contributed by atoms with E-state index in [1.807, 2.05) is 18.3 Å². The predicted octanol–water partition coefficient (Wildman–Crippen LogP) is 2.57. The second kappa shape index (κ2) is 6.11. The first-order valence-corrected chi connectivity index (χ1v) is 5.96. The molecule has 0 aliphatic rings. The van der Waals surface area contributed by atoms with E-state index in [-0.39, 0.29) is 6.04 Å². The molecule has 2 rings (SSSR count). The fourth-order valence-corrected chi connectivity index (χ4v) is 1.83. The second-order valence-corrected chi connectivity index (χ2v) is 3.97. The molecule has 1 aromatic heterocycles. The van der Waals surface area contributed by atoms with Gasteiger partial charge in [0.25, 0.3) is 0 Å². The monoisotopic (exact) mass is 227 g/mol. The summed E-state index contributed by atoms with van der Waals surface area (Å²) >= 11 is 0. The molecule has 0 saturated heterocycles. The summed E-state index contributed by atoms with van der Waals surface area (Å²) in [5.41, 5.74) is 2.41. The zero-order valence-corrected chi connectivity index (χ0v) is 10.0. The third-order valence-corrected chi connectivity index (χ3v) is 2.67. The lowest BCUT2D eigenvalue weighted by Gasteiger charge is -2.18. The third-order valence-electron chi connectivity index (χ3n) is 2.67. The number of nitrogens with zero attached hydrogens (tertiary/aromatic N) is 2. The zero-order chi connectivity index (χ0) is 11.9. The molecule has 0 bridgehead atoms. The molecular weight excluding hydrogens is 210 g/mol. The van der Waals surface area contributed by atoms with Crippen LogP contribution < -0.4 is 5.32 Å². The van der Waals surface area contributed by atoms with Crippen molar-refractivity contribution in [3.05, 3.63) is 59.9 Å². The third kappa shape index (κ3) is 3.11. The molecule has 1 N–H and O–H groups in total. The van der Waals surface area contributed by atoms with Gasteiger partial charge in [-0.15, -0.1) is 0 Å². The van der Waals surface area contributed by atoms with Crippen LogP contribution in [-0.2, 0) is 0 Å². The first-order valence-electron chi connectivity index (χ1n) is 5.96. The topological polar surface area (TPSA) is 37.8 Å². The highest BCUT2D eigenvalue weighted by Crippen LogP contribution is 2.20. The smallest absolute Gasteiger partial charge is 0.0593 e. The van der Waals surface area contributed by atoms with Gasteiger partial charge in [0.05, 0.1) is 12.2 Å². The largest absolute Gasteiger partial charge is 0.306 e. The van der Waals surface area contributed by atoms with Gasteiger partial charge in [-0.3, -0.25) is 0 Å². The van der Waals surface area contributed by atoms with Crippen LogP contribution in [0.25, 0.3) is 0 Å². The van der Waals surface area contributed by atoms with Gasteiger partial charge in [0.15, 0.2) is 0 Å². The van der Waals surface area contributed by atoms with Crippen molar-refractivity contribution in [2.75, 3.05) is 6.54 Å². The summed E-state index contributed by atoms with van der Waals surface area (Å²) in [4.78, 5) is 0. The molecule has 0 aliphatic heterocycles. The van der Waals surface area contributed by atoms with E-state index in [1.165, 1.54) is 5.56 Å². The van der Waals surface area contributed by atoms with Gasteiger partial charge in [-0.1, -0.05) is 37.3 Å². The molecule has 1 unspecified atom stereocenters. The molecule has 0 aliphatic carbocycles. The lowest BCUT2D eigenvalue weighted by molar-refractivity contribution is 0.595. The van der Waals surface area contributed by atoms with Crippen molar-refractivity contribution < 1.29 is 0 Å². The van der Waals surface area contributed by atoms with E-state index in [4.69, 9.17) is 0 Å². The van der Waals surface area contributed by atoms with E-state index in [2.05, 4.69) is 46.7 Å². The minimum atomic E-state index is 0.201. The highest BCUT2D eigenvalue weighted by molar-refractivity contribution is 5.29. The second-order valence-electron chi connectivity index (χ2n) is 3.97. The SMILES string of the molecule is CCCNC(c1ccccc1)c1ccnnc1. The summed E-state index contributed by atoms with van der Waals surface area (Å²) in [6.45, 7) is 3.15. The number of benzene rings is 1. The van der Waals surface area contributed by atoms with Gasteiger partial charge in [-0.05, 0) is 30.2 Å². The van der Waals surface area contributed by atoms with Crippen LogP contribution >= 0.6 is 0 Å². The van der Waals surface area contributed by atoms with Crippen molar-refractivity contribution in [1.82, 2.24) is 15.5 Å². The maximum absolute atomic E-state index is 3.95. The van der Waals surface area contributed by atoms with E-state index in [0.717, 1.165) is 18.5 Å². The van der Waals surface area contributed by atoms with Crippen LogP contribution in [0, 0.1) is 0 Å². The average molecular weight is 227 g/mol. The Morgan fingerprint density at radius 2 is 1.88 bits per heavy atom. The Kier molecular flexibility index (Phi) is 4.22. The summed E-state index contributed by atoms with van der Waals surface area (Å²) in [5.74, 6) is 0. The molecule has 0 radical (unpaired) electrons. The Labute approximate surface area is 102 Å². The Balaban J connectivity index is 2.26. The number of aromatic nitrogens is 2. The Bertz CT molecular complexity index is 388. The van der Waals surface area contributed by atoms with Crippen LogP contribution in [0.1, 0.15) is 30.5 Å². The number of nitrogens with one attached hydrogen (secondary N) is 1. The van der Waals surface area contributed by atoms with Crippen LogP contribution in [0.2, 0.25) is 0 Å². The van der Waals surface area contributed by atoms with E-state index < -0.39 is 0 Å². The van der Waals surface area contributed by atoms with Crippen LogP contribution in [0.4, 0.5) is 0 Å². The minimum Gasteiger partial charge on any atom is -0.306 e. The summed E-state index contributed by atoms with van der Waals surface area (Å²) in [6.07, 6.45) is 4.67. The minimum absolute atomic E-state index is 0.201. The molecule has 0 saturated carbocycles. The Morgan fingerprint density at radius 3 is 2.53 bits per heavy atom. The van der Waals surface area contributed by atoms with E-state index in [9.17, 15) is 0 Å². The van der Waals surface area contributed by atoms with E-state index in [0.29, 0.717) is 0 Å². The molecule has 1 heterocycles. The molecule has 0 spiro atoms. The summed E-state index contributed by atoms with van der Waals surface area (Å²) < 4.78 is 0. The van der Waals surface area contributed by atoms with Gasteiger partial charge >= 0.3 is 0 Å². The van der Waals surface area contributed by atoms with Crippen LogP contribution in [0.5, 0.6) is 0 Å². The van der Waals surface area contributed by atoms with Crippen molar-refractivity contribution in [3.63, 3.8) is 0 Å². The van der Waals surface area contributed by atoms with Crippen LogP contribution in [-0.4, -0.2) is 16.7 Å². The van der Waals surface area contributed by atoms with Crippen molar-refractivity contribution in [3.8, 4) is 0 Å². The Morgan fingerprint density at radius 1 is 1.06 bits per heavy atom. The van der Waals surface area contributed by atoms with Gasteiger partial charge < -0.3 is 5.32 Å². The molecule has 17 heavy (non-hydrogen) atoms. The lowest BCUT2D eigenvalue weighted by Crippen LogP contribution is -2.23. The van der Waals surface area contributed by atoms with Crippen molar-refractivity contribution in [2.45, 2.75) is 19.4 Å². The maximum Gasteiger partial charge on any atom is 0.0593 e. The highest BCUT2D eigenvalue weighted by atomic mass is 15.1. The maximum atomic E-state index is 3.95. The van der Waals surface area contributed by atoms with Gasteiger partial charge in [-0.2, -0.15) is 10.2 Å². The lowest BCUT2D eigenvalue weighted by atomic mass is 10.0. The van der Waals surface area contributed by atoms with Crippen molar-refractivity contribution in [1.29, 1.82) is 0 Å². The molecule has 0 amide bonds. The van der Waals surface area contributed by atoms with Crippen molar-refractivity contribution in [2.24, 2.45) is 0 Å². The molecule has 1 atom stereocenters. The first kappa shape index (κ1) is 11.7. The Hall–Kier alpha value is -1.74. The molecule has 0 fully saturated rings. The molecule has 1 aromatic carbocycles. The number of hydrogen-bond donors (Lipinski definition) is 1. The average Bonchev–Trinajstić information content (AvgIpc) is 2.42. The van der Waals surface area contributed by atoms with Gasteiger partial charge in [0.2, 0.25) is 0 Å². The summed E-state index contributed by atoms with van der Waals surface area (Å²) in [7, 11) is 0. The molecule has 3 heteroatoms. The fraction of sp³-hybridized carbons (Fsp3) is 0.286. The first-order chi connectivity index (χ1) is 8.42. The highest BCUT2D eigenvalue weighted by Gasteiger charge is 2.12. The van der Waals surface area contributed by atoms with Crippen LogP contribution in [0.15, 0.2) is 48.8 Å². The molecule has 88 valence electrons. The quantitative estimate of drug-likeness (QED) is 0.853. The van der Waals surface area contributed by atoms with E-state index in [1.54, 1.807) is 6.20 Å².